The Morgan fingerprint density at radius 1 is 1.14 bits per heavy atom. The van der Waals surface area contributed by atoms with E-state index in [0.29, 0.717) is 17.5 Å². The normalized spacial score (nSPS) is 17.2. The molecule has 1 aliphatic carbocycles. The maximum absolute atomic E-state index is 12.7. The number of phenolic OH excluding ortho intramolecular Hbond substituents is 2. The van der Waals surface area contributed by atoms with Gasteiger partial charge in [0.2, 0.25) is 9.84 Å². The van der Waals surface area contributed by atoms with E-state index in [2.05, 4.69) is 0 Å². The SMILES string of the molecule is CC1C=CCc2c(O)c(S(=O)(=O)c3ccccc3)cc(O)c21. The summed E-state index contributed by atoms with van der Waals surface area (Å²) in [5, 5.41) is 20.7. The zero-order chi connectivity index (χ0) is 15.9. The summed E-state index contributed by atoms with van der Waals surface area (Å²) in [5.41, 5.74) is 1.07. The quantitative estimate of drug-likeness (QED) is 0.659. The molecule has 0 saturated carbocycles. The molecule has 0 fully saturated rings. The summed E-state index contributed by atoms with van der Waals surface area (Å²) < 4.78 is 25.4. The summed E-state index contributed by atoms with van der Waals surface area (Å²) in [5.74, 6) is -0.435. The average molecular weight is 316 g/mol. The van der Waals surface area contributed by atoms with Gasteiger partial charge in [0.05, 0.1) is 4.90 Å². The van der Waals surface area contributed by atoms with Crippen LogP contribution < -0.4 is 0 Å². The van der Waals surface area contributed by atoms with Gasteiger partial charge in [0.25, 0.3) is 0 Å². The number of hydrogen-bond donors (Lipinski definition) is 2. The number of benzene rings is 2. The molecule has 22 heavy (non-hydrogen) atoms. The third-order valence-corrected chi connectivity index (χ3v) is 5.72. The molecule has 1 aliphatic rings. The molecule has 2 aromatic rings. The van der Waals surface area contributed by atoms with Crippen molar-refractivity contribution in [1.82, 2.24) is 0 Å². The fraction of sp³-hybridized carbons (Fsp3) is 0.176. The lowest BCUT2D eigenvalue weighted by Gasteiger charge is -2.21. The largest absolute Gasteiger partial charge is 0.508 e. The zero-order valence-corrected chi connectivity index (χ0v) is 12.8. The third-order valence-electron chi connectivity index (χ3n) is 3.93. The van der Waals surface area contributed by atoms with Gasteiger partial charge in [0.15, 0.2) is 0 Å². The van der Waals surface area contributed by atoms with Crippen LogP contribution in [0.25, 0.3) is 0 Å². The Labute approximate surface area is 129 Å². The van der Waals surface area contributed by atoms with Crippen molar-refractivity contribution in [2.45, 2.75) is 29.1 Å². The van der Waals surface area contributed by atoms with Crippen LogP contribution in [0.15, 0.2) is 58.3 Å². The second-order valence-corrected chi connectivity index (χ2v) is 7.29. The molecule has 0 spiro atoms. The Kier molecular flexibility index (Phi) is 3.45. The van der Waals surface area contributed by atoms with Crippen LogP contribution in [0, 0.1) is 0 Å². The Bertz CT molecular complexity index is 852. The van der Waals surface area contributed by atoms with Crippen molar-refractivity contribution in [2.24, 2.45) is 0 Å². The predicted molar refractivity (Wildman–Crippen MR) is 82.9 cm³/mol. The summed E-state index contributed by atoms with van der Waals surface area (Å²) in [4.78, 5) is -0.165. The Morgan fingerprint density at radius 2 is 1.82 bits per heavy atom. The molecule has 4 nitrogen and oxygen atoms in total. The van der Waals surface area contributed by atoms with Gasteiger partial charge in [-0.25, -0.2) is 8.42 Å². The molecule has 0 aliphatic heterocycles. The molecule has 5 heteroatoms. The van der Waals surface area contributed by atoms with Crippen molar-refractivity contribution in [3.63, 3.8) is 0 Å². The Balaban J connectivity index is 2.25. The maximum Gasteiger partial charge on any atom is 0.210 e. The van der Waals surface area contributed by atoms with Gasteiger partial charge in [-0.1, -0.05) is 37.3 Å². The molecule has 0 radical (unpaired) electrons. The molecule has 3 rings (SSSR count). The van der Waals surface area contributed by atoms with Gasteiger partial charge in [-0.05, 0) is 18.6 Å². The van der Waals surface area contributed by atoms with Gasteiger partial charge in [0, 0.05) is 23.1 Å². The second kappa shape index (κ2) is 5.18. The Morgan fingerprint density at radius 3 is 2.50 bits per heavy atom. The monoisotopic (exact) mass is 316 g/mol. The van der Waals surface area contributed by atoms with Gasteiger partial charge in [-0.15, -0.1) is 0 Å². The first-order valence-corrected chi connectivity index (χ1v) is 8.45. The van der Waals surface area contributed by atoms with Crippen LogP contribution in [0.2, 0.25) is 0 Å². The number of phenols is 2. The minimum Gasteiger partial charge on any atom is -0.508 e. The molecule has 2 N–H and O–H groups in total. The van der Waals surface area contributed by atoms with Crippen LogP contribution in [0.5, 0.6) is 11.5 Å². The predicted octanol–water partition coefficient (Wildman–Crippen LogP) is 3.15. The highest BCUT2D eigenvalue weighted by Gasteiger charge is 2.29. The summed E-state index contributed by atoms with van der Waals surface area (Å²) in [6.07, 6.45) is 4.19. The van der Waals surface area contributed by atoms with E-state index in [-0.39, 0.29) is 27.2 Å². The highest BCUT2D eigenvalue weighted by atomic mass is 32.2. The summed E-state index contributed by atoms with van der Waals surface area (Å²) in [7, 11) is -3.88. The van der Waals surface area contributed by atoms with Crippen molar-refractivity contribution in [1.29, 1.82) is 0 Å². The van der Waals surface area contributed by atoms with Gasteiger partial charge in [-0.3, -0.25) is 0 Å². The van der Waals surface area contributed by atoms with Crippen molar-refractivity contribution in [3.8, 4) is 11.5 Å². The van der Waals surface area contributed by atoms with E-state index in [4.69, 9.17) is 0 Å². The number of rotatable bonds is 2. The zero-order valence-electron chi connectivity index (χ0n) is 12.0. The molecule has 114 valence electrons. The molecular weight excluding hydrogens is 300 g/mol. The Hall–Kier alpha value is -2.27. The van der Waals surface area contributed by atoms with Gasteiger partial charge >= 0.3 is 0 Å². The van der Waals surface area contributed by atoms with Crippen molar-refractivity contribution in [3.05, 3.63) is 59.7 Å². The van der Waals surface area contributed by atoms with Crippen LogP contribution in [-0.2, 0) is 16.3 Å². The number of allylic oxidation sites excluding steroid dienone is 2. The van der Waals surface area contributed by atoms with Gasteiger partial charge in [-0.2, -0.15) is 0 Å². The fourth-order valence-electron chi connectivity index (χ4n) is 2.83. The van der Waals surface area contributed by atoms with Crippen molar-refractivity contribution >= 4 is 9.84 Å². The number of fused-ring (bicyclic) bond motifs is 1. The average Bonchev–Trinajstić information content (AvgIpc) is 2.51. The van der Waals surface area contributed by atoms with E-state index in [1.165, 1.54) is 12.1 Å². The molecular formula is C17H16O4S. The molecule has 1 unspecified atom stereocenters. The van der Waals surface area contributed by atoms with Crippen LogP contribution in [-0.4, -0.2) is 18.6 Å². The minimum atomic E-state index is -3.88. The van der Waals surface area contributed by atoms with Crippen LogP contribution >= 0.6 is 0 Å². The molecule has 0 saturated heterocycles. The van der Waals surface area contributed by atoms with E-state index < -0.39 is 9.84 Å². The lowest BCUT2D eigenvalue weighted by molar-refractivity contribution is 0.432. The van der Waals surface area contributed by atoms with E-state index in [0.717, 1.165) is 6.07 Å². The highest BCUT2D eigenvalue weighted by Crippen LogP contribution is 2.43. The maximum atomic E-state index is 12.7. The standard InChI is InChI=1S/C17H16O4S/c1-11-6-5-9-13-16(11)14(18)10-15(17(13)19)22(20,21)12-7-3-2-4-8-12/h2-8,10-11,18-19H,9H2,1H3. The fourth-order valence-corrected chi connectivity index (χ4v) is 4.25. The van der Waals surface area contributed by atoms with E-state index >= 15 is 0 Å². The van der Waals surface area contributed by atoms with E-state index in [9.17, 15) is 18.6 Å². The lowest BCUT2D eigenvalue weighted by atomic mass is 9.88. The summed E-state index contributed by atoms with van der Waals surface area (Å²) in [6.45, 7) is 1.89. The smallest absolute Gasteiger partial charge is 0.210 e. The number of hydrogen-bond acceptors (Lipinski definition) is 4. The van der Waals surface area contributed by atoms with Crippen LogP contribution in [0.4, 0.5) is 0 Å². The van der Waals surface area contributed by atoms with Crippen molar-refractivity contribution in [2.75, 3.05) is 0 Å². The first-order valence-electron chi connectivity index (χ1n) is 6.97. The highest BCUT2D eigenvalue weighted by molar-refractivity contribution is 7.91. The molecule has 0 bridgehead atoms. The second-order valence-electron chi connectivity index (χ2n) is 5.37. The topological polar surface area (TPSA) is 74.6 Å². The first-order chi connectivity index (χ1) is 10.4. The van der Waals surface area contributed by atoms with Crippen molar-refractivity contribution < 1.29 is 18.6 Å². The molecule has 2 aromatic carbocycles. The van der Waals surface area contributed by atoms with Crippen LogP contribution in [0.3, 0.4) is 0 Å². The molecule has 0 heterocycles. The molecule has 0 aromatic heterocycles. The van der Waals surface area contributed by atoms with E-state index in [1.807, 2.05) is 19.1 Å². The first kappa shape index (κ1) is 14.7. The van der Waals surface area contributed by atoms with Gasteiger partial charge < -0.3 is 10.2 Å². The summed E-state index contributed by atoms with van der Waals surface area (Å²) >= 11 is 0. The molecule has 1 atom stereocenters. The lowest BCUT2D eigenvalue weighted by Crippen LogP contribution is -2.08. The van der Waals surface area contributed by atoms with Crippen LogP contribution in [0.1, 0.15) is 24.0 Å². The third kappa shape index (κ3) is 2.18. The van der Waals surface area contributed by atoms with Gasteiger partial charge in [0.1, 0.15) is 16.4 Å². The number of sulfone groups is 1. The minimum absolute atomic E-state index is 0.0665. The number of aromatic hydroxyl groups is 2. The molecule has 0 amide bonds. The summed E-state index contributed by atoms with van der Waals surface area (Å²) in [6, 6.07) is 9.03. The van der Waals surface area contributed by atoms with E-state index in [1.54, 1.807) is 18.2 Å².